The van der Waals surface area contributed by atoms with Crippen molar-refractivity contribution >= 4 is 5.91 Å². The highest BCUT2D eigenvalue weighted by molar-refractivity contribution is 5.81. The van der Waals surface area contributed by atoms with Crippen LogP contribution in [0.1, 0.15) is 38.3 Å². The number of benzene rings is 1. The summed E-state index contributed by atoms with van der Waals surface area (Å²) in [6.45, 7) is 3.62. The molecule has 1 unspecified atom stereocenters. The Hall–Kier alpha value is -1.75. The zero-order valence-corrected chi connectivity index (χ0v) is 12.2. The molecular weight excluding hydrogens is 256 g/mol. The molecule has 1 saturated carbocycles. The Bertz CT molecular complexity index is 484. The lowest BCUT2D eigenvalue weighted by Gasteiger charge is -2.19. The van der Waals surface area contributed by atoms with E-state index in [0.717, 1.165) is 18.4 Å². The summed E-state index contributed by atoms with van der Waals surface area (Å²) in [5, 5.41) is 2.92. The molecule has 1 aromatic carbocycles. The largest absolute Gasteiger partial charge is 0.497 e. The fraction of sp³-hybridized carbons (Fsp3) is 0.533. The van der Waals surface area contributed by atoms with Gasteiger partial charge in [-0.3, -0.25) is 4.79 Å². The van der Waals surface area contributed by atoms with E-state index in [0.29, 0.717) is 17.5 Å². The van der Waals surface area contributed by atoms with E-state index in [1.54, 1.807) is 20.1 Å². The van der Waals surface area contributed by atoms with Gasteiger partial charge in [-0.15, -0.1) is 0 Å². The average molecular weight is 278 g/mol. The summed E-state index contributed by atoms with van der Waals surface area (Å²) in [5.41, 5.74) is 6.79. The lowest BCUT2D eigenvalue weighted by atomic mass is 10.1. The Balaban J connectivity index is 2.10. The van der Waals surface area contributed by atoms with Crippen LogP contribution in [0.2, 0.25) is 0 Å². The van der Waals surface area contributed by atoms with Gasteiger partial charge < -0.3 is 20.5 Å². The Kier molecular flexibility index (Phi) is 4.49. The molecule has 1 aromatic rings. The highest BCUT2D eigenvalue weighted by atomic mass is 16.5. The van der Waals surface area contributed by atoms with Crippen LogP contribution in [0.15, 0.2) is 18.2 Å². The fourth-order valence-corrected chi connectivity index (χ4v) is 1.91. The normalized spacial score (nSPS) is 17.2. The molecule has 110 valence electrons. The molecule has 2 rings (SSSR count). The SMILES string of the molecule is COc1ccc([C@H](C)N)c(OC(C)C(=O)NC2CC2)c1. The monoisotopic (exact) mass is 278 g/mol. The smallest absolute Gasteiger partial charge is 0.260 e. The van der Waals surface area contributed by atoms with Crippen molar-refractivity contribution in [2.45, 2.75) is 44.9 Å². The fourth-order valence-electron chi connectivity index (χ4n) is 1.91. The number of amides is 1. The van der Waals surface area contributed by atoms with E-state index < -0.39 is 6.10 Å². The van der Waals surface area contributed by atoms with E-state index in [-0.39, 0.29) is 11.9 Å². The van der Waals surface area contributed by atoms with Crippen molar-refractivity contribution in [2.24, 2.45) is 5.73 Å². The van der Waals surface area contributed by atoms with Gasteiger partial charge in [0.25, 0.3) is 5.91 Å². The quantitative estimate of drug-likeness (QED) is 0.831. The van der Waals surface area contributed by atoms with Crippen molar-refractivity contribution in [1.82, 2.24) is 5.32 Å². The van der Waals surface area contributed by atoms with E-state index >= 15 is 0 Å². The van der Waals surface area contributed by atoms with E-state index in [1.165, 1.54) is 0 Å². The third kappa shape index (κ3) is 3.63. The first-order valence-corrected chi connectivity index (χ1v) is 6.91. The highest BCUT2D eigenvalue weighted by Crippen LogP contribution is 2.29. The van der Waals surface area contributed by atoms with Crippen LogP contribution in [-0.4, -0.2) is 25.2 Å². The van der Waals surface area contributed by atoms with Crippen molar-refractivity contribution in [3.63, 3.8) is 0 Å². The molecule has 0 spiro atoms. The Morgan fingerprint density at radius 2 is 2.10 bits per heavy atom. The molecular formula is C15H22N2O3. The van der Waals surface area contributed by atoms with E-state index in [9.17, 15) is 4.79 Å². The van der Waals surface area contributed by atoms with Gasteiger partial charge >= 0.3 is 0 Å². The number of nitrogens with one attached hydrogen (secondary N) is 1. The molecule has 1 aliphatic rings. The number of rotatable bonds is 6. The summed E-state index contributed by atoms with van der Waals surface area (Å²) >= 11 is 0. The molecule has 0 saturated heterocycles. The van der Waals surface area contributed by atoms with Crippen LogP contribution in [0, 0.1) is 0 Å². The van der Waals surface area contributed by atoms with Gasteiger partial charge in [-0.1, -0.05) is 6.07 Å². The van der Waals surface area contributed by atoms with Crippen molar-refractivity contribution in [3.05, 3.63) is 23.8 Å². The molecule has 0 aliphatic heterocycles. The maximum absolute atomic E-state index is 11.9. The molecule has 0 bridgehead atoms. The van der Waals surface area contributed by atoms with Gasteiger partial charge in [0.05, 0.1) is 7.11 Å². The van der Waals surface area contributed by atoms with Gasteiger partial charge in [0.15, 0.2) is 6.10 Å². The van der Waals surface area contributed by atoms with Gasteiger partial charge in [-0.25, -0.2) is 0 Å². The predicted octanol–water partition coefficient (Wildman–Crippen LogP) is 1.76. The van der Waals surface area contributed by atoms with Crippen LogP contribution >= 0.6 is 0 Å². The molecule has 1 fully saturated rings. The summed E-state index contributed by atoms with van der Waals surface area (Å²) in [6.07, 6.45) is 1.56. The van der Waals surface area contributed by atoms with Gasteiger partial charge in [0, 0.05) is 23.7 Å². The lowest BCUT2D eigenvalue weighted by Crippen LogP contribution is -2.37. The molecule has 0 aromatic heterocycles. The third-order valence-electron chi connectivity index (χ3n) is 3.31. The number of carbonyl (C=O) groups is 1. The maximum Gasteiger partial charge on any atom is 0.260 e. The first kappa shape index (κ1) is 14.7. The van der Waals surface area contributed by atoms with Crippen molar-refractivity contribution in [1.29, 1.82) is 0 Å². The number of ether oxygens (including phenoxy) is 2. The Morgan fingerprint density at radius 3 is 2.65 bits per heavy atom. The molecule has 5 nitrogen and oxygen atoms in total. The summed E-state index contributed by atoms with van der Waals surface area (Å²) in [7, 11) is 1.59. The summed E-state index contributed by atoms with van der Waals surface area (Å²) in [4.78, 5) is 11.9. The van der Waals surface area contributed by atoms with Crippen LogP contribution in [0.5, 0.6) is 11.5 Å². The minimum atomic E-state index is -0.555. The lowest BCUT2D eigenvalue weighted by molar-refractivity contribution is -0.127. The first-order chi connectivity index (χ1) is 9.51. The molecule has 0 radical (unpaired) electrons. The molecule has 20 heavy (non-hydrogen) atoms. The van der Waals surface area contributed by atoms with Crippen molar-refractivity contribution in [2.75, 3.05) is 7.11 Å². The van der Waals surface area contributed by atoms with Crippen LogP contribution in [0.3, 0.4) is 0 Å². The number of nitrogens with two attached hydrogens (primary N) is 1. The summed E-state index contributed by atoms with van der Waals surface area (Å²) in [5.74, 6) is 1.18. The molecule has 1 aliphatic carbocycles. The van der Waals surface area contributed by atoms with E-state index in [2.05, 4.69) is 5.32 Å². The minimum Gasteiger partial charge on any atom is -0.497 e. The molecule has 5 heteroatoms. The summed E-state index contributed by atoms with van der Waals surface area (Å²) < 4.78 is 11.0. The third-order valence-corrected chi connectivity index (χ3v) is 3.31. The molecule has 3 N–H and O–H groups in total. The topological polar surface area (TPSA) is 73.6 Å². The first-order valence-electron chi connectivity index (χ1n) is 6.91. The molecule has 1 amide bonds. The zero-order chi connectivity index (χ0) is 14.7. The second-order valence-electron chi connectivity index (χ2n) is 5.24. The number of carbonyl (C=O) groups excluding carboxylic acids is 1. The number of hydrogen-bond donors (Lipinski definition) is 2. The van der Waals surface area contributed by atoms with E-state index in [4.69, 9.17) is 15.2 Å². The second-order valence-corrected chi connectivity index (χ2v) is 5.24. The molecule has 2 atom stereocenters. The van der Waals surface area contributed by atoms with Crippen molar-refractivity contribution < 1.29 is 14.3 Å². The summed E-state index contributed by atoms with van der Waals surface area (Å²) in [6, 6.07) is 5.62. The Morgan fingerprint density at radius 1 is 1.40 bits per heavy atom. The number of methoxy groups -OCH3 is 1. The second kappa shape index (κ2) is 6.13. The number of hydrogen-bond acceptors (Lipinski definition) is 4. The van der Waals surface area contributed by atoms with Crippen LogP contribution in [-0.2, 0) is 4.79 Å². The molecule has 0 heterocycles. The standard InChI is InChI=1S/C15H22N2O3/c1-9(16)13-7-6-12(19-3)8-14(13)20-10(2)15(18)17-11-4-5-11/h6-11H,4-5,16H2,1-3H3,(H,17,18)/t9-,10?/m0/s1. The minimum absolute atomic E-state index is 0.0917. The maximum atomic E-state index is 11.9. The predicted molar refractivity (Wildman–Crippen MR) is 76.9 cm³/mol. The van der Waals surface area contributed by atoms with Gasteiger partial charge in [-0.2, -0.15) is 0 Å². The van der Waals surface area contributed by atoms with Gasteiger partial charge in [0.1, 0.15) is 11.5 Å². The average Bonchev–Trinajstić information content (AvgIpc) is 3.22. The van der Waals surface area contributed by atoms with Crippen molar-refractivity contribution in [3.8, 4) is 11.5 Å². The van der Waals surface area contributed by atoms with E-state index in [1.807, 2.05) is 19.1 Å². The van der Waals surface area contributed by atoms with Crippen LogP contribution < -0.4 is 20.5 Å². The Labute approximate surface area is 119 Å². The zero-order valence-electron chi connectivity index (χ0n) is 12.2. The van der Waals surface area contributed by atoms with Gasteiger partial charge in [0.2, 0.25) is 0 Å². The highest BCUT2D eigenvalue weighted by Gasteiger charge is 2.26. The van der Waals surface area contributed by atoms with Crippen LogP contribution in [0.4, 0.5) is 0 Å². The van der Waals surface area contributed by atoms with Gasteiger partial charge in [-0.05, 0) is 32.8 Å². The van der Waals surface area contributed by atoms with Crippen LogP contribution in [0.25, 0.3) is 0 Å².